The third-order valence-electron chi connectivity index (χ3n) is 6.14. The molecule has 0 aromatic carbocycles. The molecule has 120 valence electrons. The standard InChI is InChI=1S/C16H23N3O3/c1-15(17,19-12(20)5-13(19)21)14(22)18-16-6-9-2-10(7-16)4-11(3-9)8-16/h9-11H,2-8,17H2,1H3,(H,18,22)/t9?,10?,11?,15-,16?/m1/s1. The predicted octanol–water partition coefficient (Wildman–Crippen LogP) is 0.505. The third-order valence-corrected chi connectivity index (χ3v) is 6.14. The van der Waals surface area contributed by atoms with E-state index < -0.39 is 11.6 Å². The van der Waals surface area contributed by atoms with Crippen LogP contribution in [-0.2, 0) is 14.4 Å². The summed E-state index contributed by atoms with van der Waals surface area (Å²) >= 11 is 0. The number of carbonyl (C=O) groups excluding carboxylic acids is 3. The number of nitrogens with two attached hydrogens (primary N) is 1. The van der Waals surface area contributed by atoms with Crippen LogP contribution in [0.1, 0.15) is 51.9 Å². The normalized spacial score (nSPS) is 42.1. The summed E-state index contributed by atoms with van der Waals surface area (Å²) < 4.78 is 0. The molecular formula is C16H23N3O3. The van der Waals surface area contributed by atoms with Gasteiger partial charge >= 0.3 is 0 Å². The summed E-state index contributed by atoms with van der Waals surface area (Å²) in [5.41, 5.74) is 4.31. The van der Waals surface area contributed by atoms with E-state index in [9.17, 15) is 14.4 Å². The van der Waals surface area contributed by atoms with Gasteiger partial charge in [0.05, 0.1) is 0 Å². The van der Waals surface area contributed by atoms with Crippen molar-refractivity contribution < 1.29 is 14.4 Å². The third kappa shape index (κ3) is 1.93. The van der Waals surface area contributed by atoms with Crippen molar-refractivity contribution in [3.8, 4) is 0 Å². The highest BCUT2D eigenvalue weighted by molar-refractivity contribution is 6.17. The fourth-order valence-electron chi connectivity index (χ4n) is 5.59. The van der Waals surface area contributed by atoms with Crippen molar-refractivity contribution in [1.82, 2.24) is 10.2 Å². The molecule has 0 aromatic heterocycles. The Labute approximate surface area is 129 Å². The Bertz CT molecular complexity index is 520. The van der Waals surface area contributed by atoms with E-state index in [0.717, 1.165) is 24.2 Å². The lowest BCUT2D eigenvalue weighted by molar-refractivity contribution is -0.170. The average molecular weight is 305 g/mol. The summed E-state index contributed by atoms with van der Waals surface area (Å²) in [6.07, 6.45) is 6.78. The van der Waals surface area contributed by atoms with Gasteiger partial charge in [-0.05, 0) is 63.2 Å². The number of carbonyl (C=O) groups is 3. The van der Waals surface area contributed by atoms with Gasteiger partial charge in [-0.3, -0.25) is 19.3 Å². The van der Waals surface area contributed by atoms with Gasteiger partial charge in [0.15, 0.2) is 5.66 Å². The molecule has 6 nitrogen and oxygen atoms in total. The van der Waals surface area contributed by atoms with E-state index in [1.807, 2.05) is 0 Å². The molecule has 5 aliphatic rings. The van der Waals surface area contributed by atoms with Gasteiger partial charge in [-0.15, -0.1) is 0 Å². The minimum absolute atomic E-state index is 0.141. The zero-order chi connectivity index (χ0) is 15.7. The first kappa shape index (κ1) is 14.2. The van der Waals surface area contributed by atoms with Crippen LogP contribution >= 0.6 is 0 Å². The second-order valence-electron chi connectivity index (χ2n) is 8.10. The minimum atomic E-state index is -1.57. The van der Waals surface area contributed by atoms with Crippen LogP contribution in [0, 0.1) is 17.8 Å². The molecule has 1 atom stereocenters. The Balaban J connectivity index is 1.52. The van der Waals surface area contributed by atoms with Gasteiger partial charge in [0.1, 0.15) is 6.42 Å². The predicted molar refractivity (Wildman–Crippen MR) is 78.1 cm³/mol. The van der Waals surface area contributed by atoms with Gasteiger partial charge in [0.25, 0.3) is 5.91 Å². The SMILES string of the molecule is C[C@](N)(C(=O)NC12CC3CC(CC(C3)C1)C2)N1C(=O)CC1=O. The van der Waals surface area contributed by atoms with Crippen molar-refractivity contribution in [1.29, 1.82) is 0 Å². The molecule has 4 saturated carbocycles. The van der Waals surface area contributed by atoms with E-state index >= 15 is 0 Å². The van der Waals surface area contributed by atoms with Crippen molar-refractivity contribution in [2.45, 2.75) is 63.1 Å². The summed E-state index contributed by atoms with van der Waals surface area (Å²) in [5.74, 6) is 1.01. The molecule has 4 bridgehead atoms. The van der Waals surface area contributed by atoms with Gasteiger partial charge in [-0.1, -0.05) is 0 Å². The van der Waals surface area contributed by atoms with Crippen LogP contribution in [0.3, 0.4) is 0 Å². The summed E-state index contributed by atoms with van der Waals surface area (Å²) in [5, 5.41) is 3.14. The van der Waals surface area contributed by atoms with E-state index in [-0.39, 0.29) is 23.8 Å². The van der Waals surface area contributed by atoms with Crippen LogP contribution in [0.25, 0.3) is 0 Å². The molecule has 5 rings (SSSR count). The molecule has 0 spiro atoms. The number of hydrogen-bond donors (Lipinski definition) is 2. The van der Waals surface area contributed by atoms with Crippen LogP contribution in [0.5, 0.6) is 0 Å². The van der Waals surface area contributed by atoms with E-state index in [1.165, 1.54) is 26.2 Å². The number of amides is 3. The van der Waals surface area contributed by atoms with Crippen molar-refractivity contribution in [3.05, 3.63) is 0 Å². The highest BCUT2D eigenvalue weighted by Gasteiger charge is 2.55. The number of imide groups is 1. The Morgan fingerprint density at radius 1 is 1.14 bits per heavy atom. The maximum absolute atomic E-state index is 12.7. The van der Waals surface area contributed by atoms with Crippen LogP contribution in [-0.4, -0.2) is 33.8 Å². The molecule has 1 heterocycles. The summed E-state index contributed by atoms with van der Waals surface area (Å²) in [4.78, 5) is 36.8. The fourth-order valence-corrected chi connectivity index (χ4v) is 5.59. The first-order valence-electron chi connectivity index (χ1n) is 8.26. The number of nitrogens with zero attached hydrogens (tertiary/aromatic N) is 1. The molecular weight excluding hydrogens is 282 g/mol. The first-order valence-corrected chi connectivity index (χ1v) is 8.26. The summed E-state index contributed by atoms with van der Waals surface area (Å²) in [6, 6.07) is 0. The molecule has 1 aliphatic heterocycles. The van der Waals surface area contributed by atoms with Gasteiger partial charge in [0, 0.05) is 5.54 Å². The molecule has 6 heteroatoms. The molecule has 1 saturated heterocycles. The van der Waals surface area contributed by atoms with Crippen molar-refractivity contribution >= 4 is 17.7 Å². The number of likely N-dealkylation sites (tertiary alicyclic amines) is 1. The highest BCUT2D eigenvalue weighted by Crippen LogP contribution is 2.55. The van der Waals surface area contributed by atoms with Crippen molar-refractivity contribution in [3.63, 3.8) is 0 Å². The van der Waals surface area contributed by atoms with E-state index in [1.54, 1.807) is 0 Å². The summed E-state index contributed by atoms with van der Waals surface area (Å²) in [7, 11) is 0. The smallest absolute Gasteiger partial charge is 0.261 e. The average Bonchev–Trinajstić information content (AvgIpc) is 2.35. The molecule has 22 heavy (non-hydrogen) atoms. The molecule has 0 radical (unpaired) electrons. The van der Waals surface area contributed by atoms with Crippen LogP contribution < -0.4 is 11.1 Å². The van der Waals surface area contributed by atoms with Crippen LogP contribution in [0.2, 0.25) is 0 Å². The Morgan fingerprint density at radius 2 is 1.59 bits per heavy atom. The van der Waals surface area contributed by atoms with Gasteiger partial charge in [-0.25, -0.2) is 0 Å². The Kier molecular flexibility index (Phi) is 2.78. The Morgan fingerprint density at radius 3 is 2.00 bits per heavy atom. The molecule has 3 N–H and O–H groups in total. The van der Waals surface area contributed by atoms with Crippen LogP contribution in [0.15, 0.2) is 0 Å². The lowest BCUT2D eigenvalue weighted by atomic mass is 9.53. The quantitative estimate of drug-likeness (QED) is 0.587. The topological polar surface area (TPSA) is 92.5 Å². The lowest BCUT2D eigenvalue weighted by Gasteiger charge is -2.57. The van der Waals surface area contributed by atoms with E-state index in [4.69, 9.17) is 5.73 Å². The van der Waals surface area contributed by atoms with Crippen molar-refractivity contribution in [2.75, 3.05) is 0 Å². The zero-order valence-electron chi connectivity index (χ0n) is 12.9. The molecule has 0 aromatic rings. The fraction of sp³-hybridized carbons (Fsp3) is 0.812. The molecule has 3 amide bonds. The molecule has 4 aliphatic carbocycles. The zero-order valence-corrected chi connectivity index (χ0v) is 12.9. The van der Waals surface area contributed by atoms with Crippen LogP contribution in [0.4, 0.5) is 0 Å². The number of nitrogens with one attached hydrogen (secondary N) is 1. The van der Waals surface area contributed by atoms with Gasteiger partial charge in [0.2, 0.25) is 11.8 Å². The number of hydrogen-bond acceptors (Lipinski definition) is 4. The van der Waals surface area contributed by atoms with Gasteiger partial charge in [-0.2, -0.15) is 0 Å². The molecule has 0 unspecified atom stereocenters. The lowest BCUT2D eigenvalue weighted by Crippen LogP contribution is -2.73. The van der Waals surface area contributed by atoms with E-state index in [2.05, 4.69) is 5.32 Å². The van der Waals surface area contributed by atoms with E-state index in [0.29, 0.717) is 17.8 Å². The summed E-state index contributed by atoms with van der Waals surface area (Å²) in [6.45, 7) is 1.46. The maximum Gasteiger partial charge on any atom is 0.261 e. The van der Waals surface area contributed by atoms with Gasteiger partial charge < -0.3 is 11.1 Å². The maximum atomic E-state index is 12.7. The first-order chi connectivity index (χ1) is 10.3. The highest BCUT2D eigenvalue weighted by atomic mass is 16.2. The second kappa shape index (κ2) is 4.31. The minimum Gasteiger partial charge on any atom is -0.347 e. The monoisotopic (exact) mass is 305 g/mol. The van der Waals surface area contributed by atoms with Crippen molar-refractivity contribution in [2.24, 2.45) is 23.5 Å². The Hall–Kier alpha value is -1.43. The second-order valence-corrected chi connectivity index (χ2v) is 8.10. The number of β-lactam (4-membered cyclic amide) rings is 2. The molecule has 5 fully saturated rings. The number of rotatable bonds is 3. The largest absolute Gasteiger partial charge is 0.347 e.